The lowest BCUT2D eigenvalue weighted by molar-refractivity contribution is 0.180. The quantitative estimate of drug-likeness (QED) is 0.400. The van der Waals surface area contributed by atoms with Gasteiger partial charge in [-0.2, -0.15) is 0 Å². The first-order valence-electron chi connectivity index (χ1n) is 10.7. The van der Waals surface area contributed by atoms with Crippen LogP contribution in [0.2, 0.25) is 5.02 Å². The number of hydrogen-bond donors (Lipinski definition) is 1. The minimum absolute atomic E-state index is 0.111. The number of rotatable bonds is 3. The molecule has 5 rings (SSSR count). The van der Waals surface area contributed by atoms with Crippen molar-refractivity contribution in [3.05, 3.63) is 124 Å². The molecule has 1 aliphatic heterocycles. The lowest BCUT2D eigenvalue weighted by Gasteiger charge is -2.31. The molecule has 0 saturated carbocycles. The van der Waals surface area contributed by atoms with Gasteiger partial charge in [-0.3, -0.25) is 0 Å². The summed E-state index contributed by atoms with van der Waals surface area (Å²) >= 11 is 6.35. The van der Waals surface area contributed by atoms with E-state index in [-0.39, 0.29) is 12.1 Å². The van der Waals surface area contributed by atoms with Gasteiger partial charge in [0.05, 0.1) is 18.3 Å². The maximum atomic E-state index is 13.6. The molecule has 0 saturated heterocycles. The zero-order valence-corrected chi connectivity index (χ0v) is 18.6. The van der Waals surface area contributed by atoms with E-state index in [0.29, 0.717) is 18.1 Å². The normalized spacial score (nSPS) is 14.9. The molecule has 4 nitrogen and oxygen atoms in total. The van der Waals surface area contributed by atoms with Gasteiger partial charge < -0.3 is 14.8 Å². The van der Waals surface area contributed by atoms with Crippen molar-refractivity contribution in [2.75, 3.05) is 0 Å². The molecular weight excluding hydrogens is 418 g/mol. The molecule has 1 aliphatic rings. The third-order valence-corrected chi connectivity index (χ3v) is 6.19. The molecule has 1 N–H and O–H groups in total. The molecule has 5 heteroatoms. The molecule has 0 fully saturated rings. The summed E-state index contributed by atoms with van der Waals surface area (Å²) in [6, 6.07) is 27.9. The Balaban J connectivity index is 1.55. The molecule has 0 spiro atoms. The second-order valence-corrected chi connectivity index (χ2v) is 8.60. The third kappa shape index (κ3) is 3.90. The van der Waals surface area contributed by atoms with Crippen LogP contribution in [0.3, 0.4) is 0 Å². The zero-order chi connectivity index (χ0) is 22.1. The SMILES string of the molecule is Cc1ccc(CNC(=O)N2Cc3ccccc3-n3cccc3[C@H]2c2cccc(Cl)c2)cc1. The van der Waals surface area contributed by atoms with Crippen LogP contribution in [0.25, 0.3) is 5.69 Å². The van der Waals surface area contributed by atoms with E-state index in [9.17, 15) is 4.79 Å². The number of amides is 2. The second kappa shape index (κ2) is 8.56. The Bertz CT molecular complexity index is 1260. The number of halogens is 1. The summed E-state index contributed by atoms with van der Waals surface area (Å²) in [4.78, 5) is 15.5. The maximum Gasteiger partial charge on any atom is 0.318 e. The summed E-state index contributed by atoms with van der Waals surface area (Å²) in [5, 5.41) is 3.78. The summed E-state index contributed by atoms with van der Waals surface area (Å²) in [5.41, 5.74) is 6.47. The van der Waals surface area contributed by atoms with Gasteiger partial charge in [0.2, 0.25) is 0 Å². The Labute approximate surface area is 193 Å². The van der Waals surface area contributed by atoms with Crippen molar-refractivity contribution in [1.29, 1.82) is 0 Å². The fourth-order valence-electron chi connectivity index (χ4n) is 4.35. The van der Waals surface area contributed by atoms with Crippen LogP contribution < -0.4 is 5.32 Å². The molecule has 32 heavy (non-hydrogen) atoms. The Morgan fingerprint density at radius 1 is 1.00 bits per heavy atom. The van der Waals surface area contributed by atoms with Crippen LogP contribution in [0, 0.1) is 6.92 Å². The molecule has 0 aliphatic carbocycles. The lowest BCUT2D eigenvalue weighted by atomic mass is 10.0. The van der Waals surface area contributed by atoms with Crippen molar-refractivity contribution in [2.24, 2.45) is 0 Å². The van der Waals surface area contributed by atoms with Crippen LogP contribution in [-0.4, -0.2) is 15.5 Å². The van der Waals surface area contributed by atoms with Gasteiger partial charge in [-0.15, -0.1) is 0 Å². The van der Waals surface area contributed by atoms with E-state index in [1.165, 1.54) is 5.56 Å². The van der Waals surface area contributed by atoms with E-state index in [0.717, 1.165) is 28.1 Å². The minimum Gasteiger partial charge on any atom is -0.334 e. The fraction of sp³-hybridized carbons (Fsp3) is 0.148. The Hall–Kier alpha value is -3.50. The highest BCUT2D eigenvalue weighted by atomic mass is 35.5. The van der Waals surface area contributed by atoms with Gasteiger partial charge in [0.15, 0.2) is 0 Å². The average molecular weight is 442 g/mol. The Morgan fingerprint density at radius 2 is 1.81 bits per heavy atom. The van der Waals surface area contributed by atoms with Crippen molar-refractivity contribution in [3.8, 4) is 5.69 Å². The van der Waals surface area contributed by atoms with E-state index in [2.05, 4.69) is 53.3 Å². The highest BCUT2D eigenvalue weighted by molar-refractivity contribution is 6.30. The highest BCUT2D eigenvalue weighted by Crippen LogP contribution is 2.37. The van der Waals surface area contributed by atoms with Crippen LogP contribution in [0.15, 0.2) is 91.1 Å². The number of aromatic nitrogens is 1. The van der Waals surface area contributed by atoms with Crippen LogP contribution in [-0.2, 0) is 13.1 Å². The molecule has 0 bridgehead atoms. The fourth-order valence-corrected chi connectivity index (χ4v) is 4.55. The summed E-state index contributed by atoms with van der Waals surface area (Å²) in [6.07, 6.45) is 2.05. The molecule has 0 unspecified atom stereocenters. The molecule has 0 radical (unpaired) electrons. The number of para-hydroxylation sites is 1. The number of carbonyl (C=O) groups excluding carboxylic acids is 1. The monoisotopic (exact) mass is 441 g/mol. The van der Waals surface area contributed by atoms with Crippen molar-refractivity contribution in [1.82, 2.24) is 14.8 Å². The van der Waals surface area contributed by atoms with Crippen molar-refractivity contribution in [2.45, 2.75) is 26.1 Å². The Morgan fingerprint density at radius 3 is 2.62 bits per heavy atom. The number of urea groups is 1. The van der Waals surface area contributed by atoms with Crippen LogP contribution in [0.4, 0.5) is 4.79 Å². The number of nitrogens with one attached hydrogen (secondary N) is 1. The number of fused-ring (bicyclic) bond motifs is 3. The topological polar surface area (TPSA) is 37.3 Å². The van der Waals surface area contributed by atoms with E-state index in [1.54, 1.807) is 0 Å². The van der Waals surface area contributed by atoms with Gasteiger partial charge in [0.25, 0.3) is 0 Å². The molecule has 160 valence electrons. The van der Waals surface area contributed by atoms with Crippen LogP contribution in [0.1, 0.15) is 34.0 Å². The van der Waals surface area contributed by atoms with E-state index in [1.807, 2.05) is 59.5 Å². The average Bonchev–Trinajstić information content (AvgIpc) is 3.22. The molecule has 1 aromatic heterocycles. The first kappa shape index (κ1) is 20.4. The van der Waals surface area contributed by atoms with E-state index >= 15 is 0 Å². The second-order valence-electron chi connectivity index (χ2n) is 8.16. The minimum atomic E-state index is -0.269. The van der Waals surface area contributed by atoms with Crippen LogP contribution in [0.5, 0.6) is 0 Å². The third-order valence-electron chi connectivity index (χ3n) is 5.95. The standard InChI is InChI=1S/C27H24ClN3O/c1-19-11-13-20(14-12-19)17-29-27(32)31-18-22-6-2-3-9-24(22)30-15-5-10-25(30)26(31)21-7-4-8-23(28)16-21/h2-16,26H,17-18H2,1H3,(H,29,32)/t26-/m1/s1. The van der Waals surface area contributed by atoms with Gasteiger partial charge >= 0.3 is 6.03 Å². The maximum absolute atomic E-state index is 13.6. The first-order chi connectivity index (χ1) is 15.6. The van der Waals surface area contributed by atoms with Crippen molar-refractivity contribution in [3.63, 3.8) is 0 Å². The summed E-state index contributed by atoms with van der Waals surface area (Å²) in [5.74, 6) is 0. The molecule has 2 amide bonds. The molecule has 3 aromatic carbocycles. The van der Waals surface area contributed by atoms with Crippen molar-refractivity contribution >= 4 is 17.6 Å². The lowest BCUT2D eigenvalue weighted by Crippen LogP contribution is -2.41. The summed E-state index contributed by atoms with van der Waals surface area (Å²) < 4.78 is 2.17. The number of nitrogens with zero attached hydrogens (tertiary/aromatic N) is 2. The van der Waals surface area contributed by atoms with E-state index in [4.69, 9.17) is 11.6 Å². The predicted octanol–water partition coefficient (Wildman–Crippen LogP) is 6.25. The zero-order valence-electron chi connectivity index (χ0n) is 17.8. The summed E-state index contributed by atoms with van der Waals surface area (Å²) in [6.45, 7) is 3.02. The molecule has 4 aromatic rings. The Kier molecular flexibility index (Phi) is 5.46. The summed E-state index contributed by atoms with van der Waals surface area (Å²) in [7, 11) is 0. The number of carbonyl (C=O) groups is 1. The smallest absolute Gasteiger partial charge is 0.318 e. The predicted molar refractivity (Wildman–Crippen MR) is 128 cm³/mol. The van der Waals surface area contributed by atoms with Gasteiger partial charge in [-0.1, -0.05) is 71.8 Å². The van der Waals surface area contributed by atoms with Crippen molar-refractivity contribution < 1.29 is 4.79 Å². The number of aryl methyl sites for hydroxylation is 1. The van der Waals surface area contributed by atoms with Gasteiger partial charge in [-0.25, -0.2) is 4.79 Å². The number of hydrogen-bond acceptors (Lipinski definition) is 1. The van der Waals surface area contributed by atoms with E-state index < -0.39 is 0 Å². The first-order valence-corrected chi connectivity index (χ1v) is 11.1. The largest absolute Gasteiger partial charge is 0.334 e. The van der Waals surface area contributed by atoms with Gasteiger partial charge in [-0.05, 0) is 53.9 Å². The molecular formula is C27H24ClN3O. The van der Waals surface area contributed by atoms with Gasteiger partial charge in [0, 0.05) is 23.5 Å². The van der Waals surface area contributed by atoms with Gasteiger partial charge in [0.1, 0.15) is 0 Å². The molecule has 2 heterocycles. The highest BCUT2D eigenvalue weighted by Gasteiger charge is 2.32. The van der Waals surface area contributed by atoms with Crippen LogP contribution >= 0.6 is 11.6 Å². The number of benzene rings is 3. The molecule has 1 atom stereocenters.